The molecule has 86 valence electrons. The maximum Gasteiger partial charge on any atom is 0.235 e. The van der Waals surface area contributed by atoms with Gasteiger partial charge in [-0.25, -0.2) is 0 Å². The average molecular weight is 288 g/mol. The van der Waals surface area contributed by atoms with Crippen LogP contribution in [-0.2, 0) is 0 Å². The Morgan fingerprint density at radius 1 is 1.31 bits per heavy atom. The van der Waals surface area contributed by atoms with Crippen molar-refractivity contribution in [3.8, 4) is 11.5 Å². The quantitative estimate of drug-likeness (QED) is 0.631. The van der Waals surface area contributed by atoms with Crippen molar-refractivity contribution in [2.75, 3.05) is 14.2 Å². The molecule has 1 aromatic rings. The predicted octanol–water partition coefficient (Wildman–Crippen LogP) is 2.71. The summed E-state index contributed by atoms with van der Waals surface area (Å²) in [6, 6.07) is 3.35. The van der Waals surface area contributed by atoms with Gasteiger partial charge in [0, 0.05) is 11.6 Å². The molecule has 0 saturated carbocycles. The van der Waals surface area contributed by atoms with Gasteiger partial charge in [-0.05, 0) is 28.1 Å². The summed E-state index contributed by atoms with van der Waals surface area (Å²) in [5, 5.41) is 10.2. The first-order valence-electron chi connectivity index (χ1n) is 4.31. The van der Waals surface area contributed by atoms with Gasteiger partial charge in [-0.15, -0.1) is 0 Å². The standard InChI is InChI=1S/C10H10BrNO4/c1-15-9-6-8(11)10(16-2)5-7(9)3-4-12(13)14/h3-6H,1-2H3. The largest absolute Gasteiger partial charge is 0.496 e. The number of rotatable bonds is 4. The van der Waals surface area contributed by atoms with Gasteiger partial charge in [0.15, 0.2) is 0 Å². The van der Waals surface area contributed by atoms with Crippen LogP contribution < -0.4 is 9.47 Å². The Morgan fingerprint density at radius 3 is 2.44 bits per heavy atom. The van der Waals surface area contributed by atoms with Crippen LogP contribution in [0.3, 0.4) is 0 Å². The third-order valence-corrected chi connectivity index (χ3v) is 2.50. The number of hydrogen-bond donors (Lipinski definition) is 0. The summed E-state index contributed by atoms with van der Waals surface area (Å²) in [6.07, 6.45) is 2.21. The number of benzene rings is 1. The van der Waals surface area contributed by atoms with Crippen molar-refractivity contribution in [2.24, 2.45) is 0 Å². The average Bonchev–Trinajstić information content (AvgIpc) is 2.26. The molecule has 0 unspecified atom stereocenters. The minimum absolute atomic E-state index is 0.533. The summed E-state index contributed by atoms with van der Waals surface area (Å²) < 4.78 is 10.9. The first-order chi connectivity index (χ1) is 7.58. The molecule has 6 heteroatoms. The van der Waals surface area contributed by atoms with E-state index in [-0.39, 0.29) is 0 Å². The Labute approximate surface area is 101 Å². The number of nitrogens with zero attached hydrogens (tertiary/aromatic N) is 1. The topological polar surface area (TPSA) is 61.6 Å². The van der Waals surface area contributed by atoms with Gasteiger partial charge in [0.05, 0.1) is 23.6 Å². The van der Waals surface area contributed by atoms with Crippen molar-refractivity contribution in [3.63, 3.8) is 0 Å². The highest BCUT2D eigenvalue weighted by Gasteiger charge is 2.08. The van der Waals surface area contributed by atoms with E-state index in [9.17, 15) is 10.1 Å². The normalized spacial score (nSPS) is 10.4. The summed E-state index contributed by atoms with van der Waals surface area (Å²) in [5.74, 6) is 1.12. The Balaban J connectivity index is 3.19. The van der Waals surface area contributed by atoms with Crippen LogP contribution in [0.2, 0.25) is 0 Å². The SMILES string of the molecule is COc1cc(C=C[N+](=O)[O-])c(OC)cc1Br. The fourth-order valence-electron chi connectivity index (χ4n) is 1.16. The fraction of sp³-hybridized carbons (Fsp3) is 0.200. The Morgan fingerprint density at radius 2 is 1.94 bits per heavy atom. The summed E-state index contributed by atoms with van der Waals surface area (Å²) in [4.78, 5) is 9.70. The van der Waals surface area contributed by atoms with Crippen molar-refractivity contribution < 1.29 is 14.4 Å². The molecule has 0 aliphatic carbocycles. The molecule has 0 bridgehead atoms. The number of hydrogen-bond acceptors (Lipinski definition) is 4. The molecular formula is C10H10BrNO4. The minimum Gasteiger partial charge on any atom is -0.496 e. The van der Waals surface area contributed by atoms with Crippen LogP contribution in [0, 0.1) is 10.1 Å². The van der Waals surface area contributed by atoms with Crippen LogP contribution in [0.5, 0.6) is 11.5 Å². The van der Waals surface area contributed by atoms with Crippen LogP contribution in [0.15, 0.2) is 22.8 Å². The molecule has 0 heterocycles. The number of nitro groups is 1. The van der Waals surface area contributed by atoms with Crippen LogP contribution in [-0.4, -0.2) is 19.1 Å². The van der Waals surface area contributed by atoms with E-state index in [0.717, 1.165) is 10.7 Å². The van der Waals surface area contributed by atoms with Gasteiger partial charge in [0.25, 0.3) is 0 Å². The summed E-state index contributed by atoms with van der Waals surface area (Å²) in [7, 11) is 3.02. The highest BCUT2D eigenvalue weighted by Crippen LogP contribution is 2.33. The zero-order valence-corrected chi connectivity index (χ0v) is 10.4. The summed E-state index contributed by atoms with van der Waals surface area (Å²) in [6.45, 7) is 0. The van der Waals surface area contributed by atoms with E-state index in [2.05, 4.69) is 15.9 Å². The van der Waals surface area contributed by atoms with Crippen molar-refractivity contribution in [1.82, 2.24) is 0 Å². The molecular weight excluding hydrogens is 278 g/mol. The van der Waals surface area contributed by atoms with Crippen molar-refractivity contribution in [3.05, 3.63) is 38.5 Å². The zero-order valence-electron chi connectivity index (χ0n) is 8.77. The third kappa shape index (κ3) is 2.96. The fourth-order valence-corrected chi connectivity index (χ4v) is 1.64. The highest BCUT2D eigenvalue weighted by molar-refractivity contribution is 9.10. The summed E-state index contributed by atoms with van der Waals surface area (Å²) >= 11 is 3.30. The van der Waals surface area contributed by atoms with E-state index in [1.54, 1.807) is 12.1 Å². The molecule has 0 N–H and O–H groups in total. The lowest BCUT2D eigenvalue weighted by Gasteiger charge is -2.08. The molecule has 0 amide bonds. The smallest absolute Gasteiger partial charge is 0.235 e. The van der Waals surface area contributed by atoms with Crippen molar-refractivity contribution >= 4 is 22.0 Å². The lowest BCUT2D eigenvalue weighted by Crippen LogP contribution is -1.92. The summed E-state index contributed by atoms with van der Waals surface area (Å²) in [5.41, 5.74) is 0.583. The zero-order chi connectivity index (χ0) is 12.1. The van der Waals surface area contributed by atoms with Crippen molar-refractivity contribution in [1.29, 1.82) is 0 Å². The van der Waals surface area contributed by atoms with E-state index in [1.165, 1.54) is 20.3 Å². The van der Waals surface area contributed by atoms with E-state index in [4.69, 9.17) is 9.47 Å². The molecule has 0 fully saturated rings. The molecule has 0 spiro atoms. The van der Waals surface area contributed by atoms with E-state index >= 15 is 0 Å². The molecule has 1 rings (SSSR count). The number of ether oxygens (including phenoxy) is 2. The Bertz CT molecular complexity index is 431. The molecule has 0 aliphatic heterocycles. The van der Waals surface area contributed by atoms with Crippen LogP contribution in [0.25, 0.3) is 6.08 Å². The van der Waals surface area contributed by atoms with Gasteiger partial charge in [-0.2, -0.15) is 0 Å². The second-order valence-electron chi connectivity index (χ2n) is 2.83. The molecule has 1 aromatic carbocycles. The maximum absolute atomic E-state index is 10.2. The molecule has 0 aliphatic rings. The minimum atomic E-state index is -0.534. The molecule has 0 atom stereocenters. The highest BCUT2D eigenvalue weighted by atomic mass is 79.9. The van der Waals surface area contributed by atoms with E-state index in [0.29, 0.717) is 17.1 Å². The lowest BCUT2D eigenvalue weighted by molar-refractivity contribution is -0.400. The molecule has 0 radical (unpaired) electrons. The van der Waals surface area contributed by atoms with Gasteiger partial charge < -0.3 is 9.47 Å². The van der Waals surface area contributed by atoms with Crippen LogP contribution in [0.1, 0.15) is 5.56 Å². The van der Waals surface area contributed by atoms with Gasteiger partial charge in [-0.3, -0.25) is 10.1 Å². The van der Waals surface area contributed by atoms with Gasteiger partial charge in [0.2, 0.25) is 6.20 Å². The van der Waals surface area contributed by atoms with Crippen molar-refractivity contribution in [2.45, 2.75) is 0 Å². The second-order valence-corrected chi connectivity index (χ2v) is 3.68. The predicted molar refractivity (Wildman–Crippen MR) is 63.3 cm³/mol. The first kappa shape index (κ1) is 12.5. The van der Waals surface area contributed by atoms with Gasteiger partial charge >= 0.3 is 0 Å². The van der Waals surface area contributed by atoms with Gasteiger partial charge in [-0.1, -0.05) is 0 Å². The molecule has 16 heavy (non-hydrogen) atoms. The molecule has 0 saturated heterocycles. The molecule has 5 nitrogen and oxygen atoms in total. The van der Waals surface area contributed by atoms with Crippen LogP contribution in [0.4, 0.5) is 0 Å². The lowest BCUT2D eigenvalue weighted by atomic mass is 10.2. The second kappa shape index (κ2) is 5.50. The van der Waals surface area contributed by atoms with E-state index < -0.39 is 4.92 Å². The van der Waals surface area contributed by atoms with Gasteiger partial charge in [0.1, 0.15) is 11.5 Å². The maximum atomic E-state index is 10.2. The Kier molecular flexibility index (Phi) is 4.30. The van der Waals surface area contributed by atoms with Crippen LogP contribution >= 0.6 is 15.9 Å². The third-order valence-electron chi connectivity index (χ3n) is 1.88. The van der Waals surface area contributed by atoms with E-state index in [1.807, 2.05) is 0 Å². The molecule has 0 aromatic heterocycles. The number of methoxy groups -OCH3 is 2. The Hall–Kier alpha value is -1.56. The first-order valence-corrected chi connectivity index (χ1v) is 5.11. The monoisotopic (exact) mass is 287 g/mol. The number of halogens is 1.